The Morgan fingerprint density at radius 2 is 1.00 bits per heavy atom. The van der Waals surface area contributed by atoms with Crippen LogP contribution >= 0.6 is 0 Å². The molecule has 4 atom stereocenters. The maximum absolute atomic E-state index is 13.3. The van der Waals surface area contributed by atoms with Gasteiger partial charge in [-0.05, 0) is 180 Å². The molecule has 2 aliphatic carbocycles. The third-order valence-electron chi connectivity index (χ3n) is 14.9. The predicted molar refractivity (Wildman–Crippen MR) is 257 cm³/mol. The van der Waals surface area contributed by atoms with Crippen LogP contribution in [0.4, 0.5) is 20.2 Å². The molecule has 2 aromatic heterocycles. The summed E-state index contributed by atoms with van der Waals surface area (Å²) >= 11 is 0. The fourth-order valence-electron chi connectivity index (χ4n) is 11.7. The molecule has 0 spiro atoms. The summed E-state index contributed by atoms with van der Waals surface area (Å²) in [6, 6.07) is 18.6. The lowest BCUT2D eigenvalue weighted by Crippen LogP contribution is -2.32. The topological polar surface area (TPSA) is 162 Å². The molecule has 360 valence electrons. The zero-order valence-corrected chi connectivity index (χ0v) is 38.1. The second-order valence-corrected chi connectivity index (χ2v) is 19.3. The summed E-state index contributed by atoms with van der Waals surface area (Å²) in [7, 11) is 1.00. The molecule has 6 heterocycles. The standard InChI is InChI=1S/C25H29FN4O3.C25H31FN4O.CH4O.CH4/c26-21-5-3-18(4-6-21)22-7-8-24(30(32)33)23(27-22)13-25(31)29-15-19-11-17(12-20(19)16-29)14-28-9-1-2-10-28;26-21-5-3-18(4-6-21)23-8-7-22(27)24(28-23)13-25(31)30-15-19-11-17(12-20(19)16-30)14-29-9-1-2-10-29;1-2;/h3-8,17,19-20H,1-2,9-16H2;3-8,17,19-20H,1-2,9-16,27H2;2H,1H3;1H4. The maximum atomic E-state index is 13.3. The van der Waals surface area contributed by atoms with Crippen molar-refractivity contribution in [1.29, 1.82) is 0 Å². The van der Waals surface area contributed by atoms with Crippen LogP contribution < -0.4 is 5.73 Å². The second-order valence-electron chi connectivity index (χ2n) is 19.3. The van der Waals surface area contributed by atoms with E-state index in [1.165, 1.54) is 121 Å². The van der Waals surface area contributed by atoms with Gasteiger partial charge in [0.25, 0.3) is 5.69 Å². The van der Waals surface area contributed by atoms with Gasteiger partial charge < -0.3 is 30.4 Å². The number of carbonyl (C=O) groups is 2. The third-order valence-corrected chi connectivity index (χ3v) is 14.9. The minimum atomic E-state index is -0.494. The van der Waals surface area contributed by atoms with Crippen LogP contribution in [0, 0.1) is 57.3 Å². The van der Waals surface area contributed by atoms with Crippen LogP contribution in [-0.2, 0) is 22.4 Å². The molecule has 10 rings (SSSR count). The van der Waals surface area contributed by atoms with E-state index in [1.807, 2.05) is 15.9 Å². The van der Waals surface area contributed by atoms with Crippen molar-refractivity contribution in [3.63, 3.8) is 0 Å². The van der Waals surface area contributed by atoms with Gasteiger partial charge in [-0.1, -0.05) is 7.43 Å². The van der Waals surface area contributed by atoms with Gasteiger partial charge >= 0.3 is 0 Å². The lowest BCUT2D eigenvalue weighted by molar-refractivity contribution is -0.385. The Balaban J connectivity index is 0.000000189. The number of hydrogen-bond acceptors (Lipinski definition) is 10. The van der Waals surface area contributed by atoms with Crippen LogP contribution in [0.3, 0.4) is 0 Å². The number of hydrogen-bond donors (Lipinski definition) is 2. The number of pyridine rings is 2. The molecule has 4 aliphatic heterocycles. The highest BCUT2D eigenvalue weighted by Crippen LogP contribution is 2.43. The van der Waals surface area contributed by atoms with Crippen molar-refractivity contribution < 1.29 is 28.4 Å². The van der Waals surface area contributed by atoms with Gasteiger partial charge in [-0.2, -0.15) is 0 Å². The van der Waals surface area contributed by atoms with E-state index in [0.717, 1.165) is 50.7 Å². The minimum Gasteiger partial charge on any atom is -0.400 e. The Morgan fingerprint density at radius 1 is 0.627 bits per heavy atom. The van der Waals surface area contributed by atoms with Crippen molar-refractivity contribution in [3.8, 4) is 22.5 Å². The number of nitrogen functional groups attached to an aromatic ring is 1. The number of benzene rings is 2. The SMILES string of the molecule is C.CO.Nc1ccc(-c2ccc(F)cc2)nc1CC(=O)N1CC2CC(CN3CCCC3)CC2C1.O=C(Cc1nc(-c2ccc(F)cc2)ccc1[N+](=O)[O-])N1CC2CC(CN3CCCC3)CC2C1. The number of nitro groups is 1. The number of aromatic nitrogens is 2. The maximum Gasteiger partial charge on any atom is 0.291 e. The molecular formula is C52H68F2N8O5. The molecule has 0 radical (unpaired) electrons. The first-order valence-electron chi connectivity index (χ1n) is 23.9. The number of aliphatic hydroxyl groups is 1. The van der Waals surface area contributed by atoms with Crippen molar-refractivity contribution >= 4 is 23.2 Å². The number of anilines is 1. The molecule has 2 amide bonds. The Labute approximate surface area is 393 Å². The Hall–Kier alpha value is -5.38. The summed E-state index contributed by atoms with van der Waals surface area (Å²) in [6.07, 6.45) is 10.3. The van der Waals surface area contributed by atoms with Crippen molar-refractivity contribution in [3.05, 3.63) is 106 Å². The molecule has 15 heteroatoms. The molecule has 4 saturated heterocycles. The van der Waals surface area contributed by atoms with E-state index >= 15 is 0 Å². The summed E-state index contributed by atoms with van der Waals surface area (Å²) < 4.78 is 26.5. The lowest BCUT2D eigenvalue weighted by Gasteiger charge is -2.22. The number of nitrogens with two attached hydrogens (primary N) is 1. The molecule has 2 saturated carbocycles. The van der Waals surface area contributed by atoms with E-state index in [2.05, 4.69) is 19.8 Å². The fourth-order valence-corrected chi connectivity index (χ4v) is 11.7. The first-order chi connectivity index (χ1) is 32.0. The number of halogens is 2. The van der Waals surface area contributed by atoms with Crippen LogP contribution in [0.1, 0.15) is 70.2 Å². The molecule has 6 aliphatic rings. The monoisotopic (exact) mass is 923 g/mol. The van der Waals surface area contributed by atoms with E-state index in [9.17, 15) is 28.5 Å². The molecule has 3 N–H and O–H groups in total. The Kier molecular flexibility index (Phi) is 16.7. The minimum absolute atomic E-state index is 0. The number of fused-ring (bicyclic) bond motifs is 2. The van der Waals surface area contributed by atoms with Crippen LogP contribution in [0.5, 0.6) is 0 Å². The number of aliphatic hydroxyl groups excluding tert-OH is 1. The van der Waals surface area contributed by atoms with E-state index in [0.29, 0.717) is 52.0 Å². The normalized spacial score (nSPS) is 24.3. The van der Waals surface area contributed by atoms with Gasteiger partial charge in [0.05, 0.1) is 40.5 Å². The fraction of sp³-hybridized carbons (Fsp3) is 0.538. The summed E-state index contributed by atoms with van der Waals surface area (Å²) in [5.41, 5.74) is 9.94. The number of carbonyl (C=O) groups excluding carboxylic acids is 2. The van der Waals surface area contributed by atoms with Crippen LogP contribution in [-0.4, -0.2) is 124 Å². The van der Waals surface area contributed by atoms with Crippen LogP contribution in [0.2, 0.25) is 0 Å². The molecule has 6 fully saturated rings. The highest BCUT2D eigenvalue weighted by Gasteiger charge is 2.44. The zero-order chi connectivity index (χ0) is 46.3. The average Bonchev–Trinajstić information content (AvgIpc) is 4.18. The molecule has 0 bridgehead atoms. The second kappa shape index (κ2) is 22.6. The van der Waals surface area contributed by atoms with Gasteiger partial charge in [0.15, 0.2) is 0 Å². The number of amides is 2. The highest BCUT2D eigenvalue weighted by atomic mass is 19.1. The Bertz CT molecular complexity index is 2280. The van der Waals surface area contributed by atoms with Gasteiger partial charge in [0.2, 0.25) is 11.8 Å². The summed E-state index contributed by atoms with van der Waals surface area (Å²) in [5, 5.41) is 18.5. The molecular weight excluding hydrogens is 855 g/mol. The first kappa shape index (κ1) is 49.5. The van der Waals surface area contributed by atoms with E-state index in [4.69, 9.17) is 10.8 Å². The molecule has 4 aromatic rings. The third kappa shape index (κ3) is 12.2. The predicted octanol–water partition coefficient (Wildman–Crippen LogP) is 7.76. The smallest absolute Gasteiger partial charge is 0.291 e. The lowest BCUT2D eigenvalue weighted by atomic mass is 10.0. The van der Waals surface area contributed by atoms with Gasteiger partial charge in [-0.25, -0.2) is 13.8 Å². The Morgan fingerprint density at radius 3 is 1.40 bits per heavy atom. The summed E-state index contributed by atoms with van der Waals surface area (Å²) in [6.45, 7) is 10.6. The van der Waals surface area contributed by atoms with Gasteiger partial charge in [0.1, 0.15) is 17.3 Å². The highest BCUT2D eigenvalue weighted by molar-refractivity contribution is 5.81. The molecule has 2 aromatic carbocycles. The van der Waals surface area contributed by atoms with Gasteiger partial charge in [0, 0.05) is 63.6 Å². The summed E-state index contributed by atoms with van der Waals surface area (Å²) in [5.74, 6) is 3.26. The molecule has 67 heavy (non-hydrogen) atoms. The average molecular weight is 923 g/mol. The zero-order valence-electron chi connectivity index (χ0n) is 38.1. The molecule has 4 unspecified atom stereocenters. The first-order valence-corrected chi connectivity index (χ1v) is 23.9. The van der Waals surface area contributed by atoms with Gasteiger partial charge in [-0.15, -0.1) is 0 Å². The largest absolute Gasteiger partial charge is 0.400 e. The van der Waals surface area contributed by atoms with Crippen molar-refractivity contribution in [2.45, 2.75) is 71.6 Å². The number of likely N-dealkylation sites (tertiary alicyclic amines) is 4. The van der Waals surface area contributed by atoms with Crippen LogP contribution in [0.25, 0.3) is 22.5 Å². The van der Waals surface area contributed by atoms with Crippen molar-refractivity contribution in [1.82, 2.24) is 29.6 Å². The molecule has 13 nitrogen and oxygen atoms in total. The van der Waals surface area contributed by atoms with Gasteiger partial charge in [-0.3, -0.25) is 24.7 Å². The van der Waals surface area contributed by atoms with Crippen LogP contribution in [0.15, 0.2) is 72.8 Å². The quantitative estimate of drug-likeness (QED) is 0.112. The number of nitrogens with zero attached hydrogens (tertiary/aromatic N) is 7. The summed E-state index contributed by atoms with van der Waals surface area (Å²) in [4.78, 5) is 55.3. The van der Waals surface area contributed by atoms with E-state index in [1.54, 1.807) is 36.4 Å². The van der Waals surface area contributed by atoms with E-state index in [-0.39, 0.29) is 55.1 Å². The number of rotatable bonds is 11. The van der Waals surface area contributed by atoms with E-state index < -0.39 is 4.92 Å². The van der Waals surface area contributed by atoms with Crippen molar-refractivity contribution in [2.75, 3.05) is 78.3 Å². The van der Waals surface area contributed by atoms with Crippen molar-refractivity contribution in [2.24, 2.45) is 35.5 Å².